The van der Waals surface area contributed by atoms with Gasteiger partial charge in [-0.15, -0.1) is 0 Å². The number of esters is 3. The zero-order valence-corrected chi connectivity index (χ0v) is 13.1. The number of amides is 1. The second-order valence-corrected chi connectivity index (χ2v) is 5.89. The summed E-state index contributed by atoms with van der Waals surface area (Å²) in [5.41, 5.74) is 2.79. The van der Waals surface area contributed by atoms with Gasteiger partial charge < -0.3 is 24.7 Å². The van der Waals surface area contributed by atoms with Crippen molar-refractivity contribution >= 4 is 23.8 Å². The minimum atomic E-state index is -1.53. The lowest BCUT2D eigenvalue weighted by atomic mass is 9.93. The Morgan fingerprint density at radius 1 is 1.04 bits per heavy atom. The SMILES string of the molecule is CC(=O)O[C@@H]1[C@H](OC(C)=O)[C@@](CC(N)=O)(OC(C)=O)C[C@]12CO2. The van der Waals surface area contributed by atoms with E-state index in [1.807, 2.05) is 0 Å². The van der Waals surface area contributed by atoms with Crippen LogP contribution in [0.4, 0.5) is 0 Å². The minimum absolute atomic E-state index is 0.0401. The summed E-state index contributed by atoms with van der Waals surface area (Å²) < 4.78 is 21.2. The molecule has 0 unspecified atom stereocenters. The first-order valence-corrected chi connectivity index (χ1v) is 7.06. The molecule has 1 aliphatic carbocycles. The zero-order chi connectivity index (χ0) is 17.4. The van der Waals surface area contributed by atoms with Gasteiger partial charge in [-0.1, -0.05) is 0 Å². The van der Waals surface area contributed by atoms with Crippen LogP contribution >= 0.6 is 0 Å². The van der Waals surface area contributed by atoms with Gasteiger partial charge >= 0.3 is 17.9 Å². The van der Waals surface area contributed by atoms with Crippen molar-refractivity contribution in [2.45, 2.75) is 57.0 Å². The molecule has 9 nitrogen and oxygen atoms in total. The fraction of sp³-hybridized carbons (Fsp3) is 0.714. The van der Waals surface area contributed by atoms with Crippen molar-refractivity contribution in [3.63, 3.8) is 0 Å². The number of carbonyl (C=O) groups excluding carboxylic acids is 4. The third kappa shape index (κ3) is 3.44. The zero-order valence-electron chi connectivity index (χ0n) is 13.1. The fourth-order valence-electron chi connectivity index (χ4n) is 3.19. The van der Waals surface area contributed by atoms with Crippen molar-refractivity contribution in [3.8, 4) is 0 Å². The first-order chi connectivity index (χ1) is 10.6. The molecule has 4 atom stereocenters. The van der Waals surface area contributed by atoms with E-state index in [1.54, 1.807) is 0 Å². The smallest absolute Gasteiger partial charge is 0.303 e. The summed E-state index contributed by atoms with van der Waals surface area (Å²) >= 11 is 0. The summed E-state index contributed by atoms with van der Waals surface area (Å²) in [4.78, 5) is 45.8. The van der Waals surface area contributed by atoms with Gasteiger partial charge in [0.2, 0.25) is 5.91 Å². The molecule has 0 aromatic rings. The summed E-state index contributed by atoms with van der Waals surface area (Å²) in [5, 5.41) is 0. The van der Waals surface area contributed by atoms with Crippen LogP contribution in [-0.4, -0.2) is 53.8 Å². The highest BCUT2D eigenvalue weighted by Gasteiger charge is 2.73. The molecule has 1 amide bonds. The fourth-order valence-corrected chi connectivity index (χ4v) is 3.19. The van der Waals surface area contributed by atoms with E-state index in [2.05, 4.69) is 0 Å². The monoisotopic (exact) mass is 329 g/mol. The molecule has 1 spiro atoms. The van der Waals surface area contributed by atoms with Gasteiger partial charge in [0.15, 0.2) is 17.8 Å². The van der Waals surface area contributed by atoms with E-state index in [0.29, 0.717) is 0 Å². The second-order valence-electron chi connectivity index (χ2n) is 5.89. The molecule has 128 valence electrons. The van der Waals surface area contributed by atoms with Gasteiger partial charge in [-0.3, -0.25) is 19.2 Å². The molecule has 1 saturated heterocycles. The minimum Gasteiger partial charge on any atom is -0.455 e. The van der Waals surface area contributed by atoms with Crippen molar-refractivity contribution in [1.82, 2.24) is 0 Å². The maximum atomic E-state index is 11.5. The number of rotatable bonds is 5. The maximum absolute atomic E-state index is 11.5. The third-order valence-corrected chi connectivity index (χ3v) is 3.83. The number of epoxide rings is 1. The van der Waals surface area contributed by atoms with E-state index in [0.717, 1.165) is 13.8 Å². The largest absolute Gasteiger partial charge is 0.455 e. The molecule has 0 radical (unpaired) electrons. The predicted molar refractivity (Wildman–Crippen MR) is 72.7 cm³/mol. The van der Waals surface area contributed by atoms with Crippen LogP contribution in [0.5, 0.6) is 0 Å². The van der Waals surface area contributed by atoms with Crippen molar-refractivity contribution < 1.29 is 38.1 Å². The topological polar surface area (TPSA) is 135 Å². The molecule has 1 heterocycles. The van der Waals surface area contributed by atoms with Crippen LogP contribution in [-0.2, 0) is 38.1 Å². The summed E-state index contributed by atoms with van der Waals surface area (Å²) in [6, 6.07) is 0. The average molecular weight is 329 g/mol. The normalized spacial score (nSPS) is 34.7. The molecule has 0 aromatic carbocycles. The number of ether oxygens (including phenoxy) is 4. The molecular formula is C14H19NO8. The summed E-state index contributed by atoms with van der Waals surface area (Å²) in [6.07, 6.45) is -2.50. The van der Waals surface area contributed by atoms with E-state index < -0.39 is 47.2 Å². The molecule has 0 aromatic heterocycles. The van der Waals surface area contributed by atoms with Crippen LogP contribution in [0, 0.1) is 0 Å². The maximum Gasteiger partial charge on any atom is 0.303 e. The molecule has 2 rings (SSSR count). The van der Waals surface area contributed by atoms with Crippen molar-refractivity contribution in [2.24, 2.45) is 5.73 Å². The summed E-state index contributed by atoms with van der Waals surface area (Å²) in [6.45, 7) is 3.74. The molecule has 2 aliphatic rings. The Kier molecular flexibility index (Phi) is 4.34. The summed E-state index contributed by atoms with van der Waals surface area (Å²) in [7, 11) is 0. The van der Waals surface area contributed by atoms with Crippen molar-refractivity contribution in [3.05, 3.63) is 0 Å². The lowest BCUT2D eigenvalue weighted by molar-refractivity contribution is -0.192. The Balaban J connectivity index is 2.44. The molecular weight excluding hydrogens is 310 g/mol. The van der Waals surface area contributed by atoms with Crippen molar-refractivity contribution in [1.29, 1.82) is 0 Å². The Morgan fingerprint density at radius 3 is 1.96 bits per heavy atom. The highest BCUT2D eigenvalue weighted by Crippen LogP contribution is 2.54. The number of primary amides is 1. The lowest BCUT2D eigenvalue weighted by Crippen LogP contribution is -2.51. The molecule has 2 fully saturated rings. The van der Waals surface area contributed by atoms with Crippen LogP contribution in [0.2, 0.25) is 0 Å². The van der Waals surface area contributed by atoms with E-state index >= 15 is 0 Å². The van der Waals surface area contributed by atoms with Crippen LogP contribution in [0.3, 0.4) is 0 Å². The van der Waals surface area contributed by atoms with Gasteiger partial charge in [0.05, 0.1) is 13.0 Å². The quantitative estimate of drug-likeness (QED) is 0.393. The van der Waals surface area contributed by atoms with E-state index in [-0.39, 0.29) is 19.4 Å². The molecule has 9 heteroatoms. The van der Waals surface area contributed by atoms with E-state index in [9.17, 15) is 19.2 Å². The molecule has 0 bridgehead atoms. The van der Waals surface area contributed by atoms with Crippen molar-refractivity contribution in [2.75, 3.05) is 6.61 Å². The standard InChI is InChI=1S/C14H19NO8/c1-7(16)21-11-12(22-8(2)17)14(6-20-14)5-13(11,4-10(15)19)23-9(3)18/h11-12H,4-6H2,1-3H3,(H2,15,19)/t11-,12+,13-,14-/m0/s1. The third-order valence-electron chi connectivity index (χ3n) is 3.83. The van der Waals surface area contributed by atoms with Gasteiger partial charge in [0.25, 0.3) is 0 Å². The van der Waals surface area contributed by atoms with Crippen LogP contribution < -0.4 is 5.73 Å². The number of nitrogens with two attached hydrogens (primary N) is 1. The average Bonchev–Trinajstić information content (AvgIpc) is 3.07. The number of hydrogen-bond acceptors (Lipinski definition) is 8. The Labute approximate surface area is 132 Å². The van der Waals surface area contributed by atoms with Gasteiger partial charge in [0, 0.05) is 27.2 Å². The van der Waals surface area contributed by atoms with E-state index in [1.165, 1.54) is 6.92 Å². The molecule has 23 heavy (non-hydrogen) atoms. The first kappa shape index (κ1) is 17.2. The van der Waals surface area contributed by atoms with Gasteiger partial charge in [0.1, 0.15) is 5.60 Å². The Bertz CT molecular complexity index is 537. The molecule has 2 N–H and O–H groups in total. The number of carbonyl (C=O) groups is 4. The second kappa shape index (κ2) is 5.80. The molecule has 1 aliphatic heterocycles. The van der Waals surface area contributed by atoms with Crippen LogP contribution in [0.15, 0.2) is 0 Å². The molecule has 1 saturated carbocycles. The van der Waals surface area contributed by atoms with Crippen LogP contribution in [0.1, 0.15) is 33.6 Å². The Morgan fingerprint density at radius 2 is 1.57 bits per heavy atom. The number of hydrogen-bond donors (Lipinski definition) is 1. The summed E-state index contributed by atoms with van der Waals surface area (Å²) in [5.74, 6) is -2.71. The first-order valence-electron chi connectivity index (χ1n) is 7.06. The van der Waals surface area contributed by atoms with Gasteiger partial charge in [-0.25, -0.2) is 0 Å². The highest BCUT2D eigenvalue weighted by atomic mass is 16.7. The highest BCUT2D eigenvalue weighted by molar-refractivity contribution is 5.77. The Hall–Kier alpha value is -2.16. The lowest BCUT2D eigenvalue weighted by Gasteiger charge is -2.34. The van der Waals surface area contributed by atoms with Gasteiger partial charge in [-0.05, 0) is 0 Å². The van der Waals surface area contributed by atoms with Gasteiger partial charge in [-0.2, -0.15) is 0 Å². The predicted octanol–water partition coefficient (Wildman–Crippen LogP) is -0.800. The van der Waals surface area contributed by atoms with E-state index in [4.69, 9.17) is 24.7 Å². The van der Waals surface area contributed by atoms with Crippen LogP contribution in [0.25, 0.3) is 0 Å².